The molecule has 80 valence electrons. The van der Waals surface area contributed by atoms with Crippen LogP contribution in [0.3, 0.4) is 0 Å². The summed E-state index contributed by atoms with van der Waals surface area (Å²) in [5.41, 5.74) is 6.78. The van der Waals surface area contributed by atoms with Crippen LogP contribution in [0.25, 0.3) is 0 Å². The molecule has 0 aliphatic heterocycles. The molecule has 0 saturated heterocycles. The van der Waals surface area contributed by atoms with Crippen molar-refractivity contribution in [2.75, 3.05) is 12.3 Å². The Morgan fingerprint density at radius 1 is 1.53 bits per heavy atom. The zero-order valence-electron chi connectivity index (χ0n) is 7.89. The molecular formula is C10H10Br2N2O. The summed E-state index contributed by atoms with van der Waals surface area (Å²) in [6.45, 7) is 4.03. The second-order valence-electron chi connectivity index (χ2n) is 2.94. The van der Waals surface area contributed by atoms with Crippen molar-refractivity contribution in [3.63, 3.8) is 0 Å². The number of hydrogen-bond acceptors (Lipinski definition) is 2. The van der Waals surface area contributed by atoms with Gasteiger partial charge in [-0.15, -0.1) is 0 Å². The Labute approximate surface area is 105 Å². The topological polar surface area (TPSA) is 55.1 Å². The number of amides is 1. The molecule has 0 radical (unpaired) electrons. The van der Waals surface area contributed by atoms with Gasteiger partial charge in [0.15, 0.2) is 0 Å². The minimum atomic E-state index is -0.156. The molecule has 0 aromatic heterocycles. The SMILES string of the molecule is C=C(Br)CNC(=O)c1ccc(N)c(Br)c1. The van der Waals surface area contributed by atoms with Crippen molar-refractivity contribution in [1.29, 1.82) is 0 Å². The molecule has 0 aliphatic carbocycles. The number of anilines is 1. The van der Waals surface area contributed by atoms with E-state index >= 15 is 0 Å². The lowest BCUT2D eigenvalue weighted by Crippen LogP contribution is -2.24. The Morgan fingerprint density at radius 3 is 2.73 bits per heavy atom. The van der Waals surface area contributed by atoms with Crippen LogP contribution in [0, 0.1) is 0 Å². The van der Waals surface area contributed by atoms with Crippen molar-refractivity contribution >= 4 is 43.5 Å². The molecule has 1 aromatic carbocycles. The Morgan fingerprint density at radius 2 is 2.20 bits per heavy atom. The van der Waals surface area contributed by atoms with Crippen molar-refractivity contribution < 1.29 is 4.79 Å². The Kier molecular flexibility index (Phi) is 4.35. The number of benzene rings is 1. The van der Waals surface area contributed by atoms with Crippen molar-refractivity contribution in [1.82, 2.24) is 5.32 Å². The summed E-state index contributed by atoms with van der Waals surface area (Å²) in [6, 6.07) is 5.04. The summed E-state index contributed by atoms with van der Waals surface area (Å²) in [5.74, 6) is -0.156. The van der Waals surface area contributed by atoms with Gasteiger partial charge >= 0.3 is 0 Å². The van der Waals surface area contributed by atoms with Crippen LogP contribution in [0.1, 0.15) is 10.4 Å². The van der Waals surface area contributed by atoms with Crippen LogP contribution in [0.4, 0.5) is 5.69 Å². The third kappa shape index (κ3) is 3.68. The predicted octanol–water partition coefficient (Wildman–Crippen LogP) is 2.67. The first-order chi connectivity index (χ1) is 7.00. The minimum Gasteiger partial charge on any atom is -0.398 e. The fourth-order valence-electron chi connectivity index (χ4n) is 0.947. The molecule has 0 aliphatic rings. The molecule has 1 amide bonds. The fourth-order valence-corrected chi connectivity index (χ4v) is 1.47. The molecule has 0 bridgehead atoms. The van der Waals surface area contributed by atoms with Crippen LogP contribution in [-0.4, -0.2) is 12.5 Å². The summed E-state index contributed by atoms with van der Waals surface area (Å²) in [7, 11) is 0. The minimum absolute atomic E-state index is 0.156. The van der Waals surface area contributed by atoms with Gasteiger partial charge in [0.2, 0.25) is 0 Å². The third-order valence-corrected chi connectivity index (χ3v) is 2.67. The number of carbonyl (C=O) groups excluding carboxylic acids is 1. The highest BCUT2D eigenvalue weighted by molar-refractivity contribution is 9.11. The number of rotatable bonds is 3. The first kappa shape index (κ1) is 12.3. The van der Waals surface area contributed by atoms with Crippen LogP contribution < -0.4 is 11.1 Å². The van der Waals surface area contributed by atoms with E-state index in [0.717, 1.165) is 4.48 Å². The van der Waals surface area contributed by atoms with Gasteiger partial charge in [-0.2, -0.15) is 0 Å². The normalized spacial score (nSPS) is 9.73. The molecule has 0 spiro atoms. The van der Waals surface area contributed by atoms with Gasteiger partial charge in [-0.1, -0.05) is 22.5 Å². The van der Waals surface area contributed by atoms with Crippen LogP contribution in [0.15, 0.2) is 33.7 Å². The van der Waals surface area contributed by atoms with E-state index in [0.29, 0.717) is 22.3 Å². The van der Waals surface area contributed by atoms with E-state index in [2.05, 4.69) is 43.8 Å². The first-order valence-electron chi connectivity index (χ1n) is 4.17. The highest BCUT2D eigenvalue weighted by Crippen LogP contribution is 2.20. The highest BCUT2D eigenvalue weighted by Gasteiger charge is 2.06. The van der Waals surface area contributed by atoms with Gasteiger partial charge in [0.1, 0.15) is 0 Å². The first-order valence-corrected chi connectivity index (χ1v) is 5.76. The van der Waals surface area contributed by atoms with Crippen LogP contribution in [0.2, 0.25) is 0 Å². The maximum atomic E-state index is 11.6. The van der Waals surface area contributed by atoms with E-state index in [-0.39, 0.29) is 5.91 Å². The molecule has 15 heavy (non-hydrogen) atoms. The molecule has 0 fully saturated rings. The number of nitrogens with one attached hydrogen (secondary N) is 1. The molecule has 0 saturated carbocycles. The number of nitrogen functional groups attached to an aromatic ring is 1. The molecular weight excluding hydrogens is 324 g/mol. The van der Waals surface area contributed by atoms with E-state index in [1.54, 1.807) is 18.2 Å². The summed E-state index contributed by atoms with van der Waals surface area (Å²) in [5, 5.41) is 2.70. The average Bonchev–Trinajstić information content (AvgIpc) is 2.18. The second kappa shape index (κ2) is 5.32. The van der Waals surface area contributed by atoms with Gasteiger partial charge in [-0.3, -0.25) is 4.79 Å². The number of nitrogens with two attached hydrogens (primary N) is 1. The monoisotopic (exact) mass is 332 g/mol. The van der Waals surface area contributed by atoms with Gasteiger partial charge in [0.25, 0.3) is 5.91 Å². The molecule has 1 aromatic rings. The van der Waals surface area contributed by atoms with Crippen LogP contribution in [-0.2, 0) is 0 Å². The average molecular weight is 334 g/mol. The summed E-state index contributed by atoms with van der Waals surface area (Å²) < 4.78 is 1.44. The molecule has 1 rings (SSSR count). The number of hydrogen-bond donors (Lipinski definition) is 2. The van der Waals surface area contributed by atoms with E-state index in [1.165, 1.54) is 0 Å². The van der Waals surface area contributed by atoms with Gasteiger partial charge in [0.05, 0.1) is 0 Å². The zero-order valence-corrected chi connectivity index (χ0v) is 11.1. The van der Waals surface area contributed by atoms with Crippen molar-refractivity contribution in [2.24, 2.45) is 0 Å². The Bertz CT molecular complexity index is 404. The molecule has 3 N–H and O–H groups in total. The quantitative estimate of drug-likeness (QED) is 0.835. The highest BCUT2D eigenvalue weighted by atomic mass is 79.9. The largest absolute Gasteiger partial charge is 0.398 e. The van der Waals surface area contributed by atoms with Gasteiger partial charge in [-0.25, -0.2) is 0 Å². The lowest BCUT2D eigenvalue weighted by Gasteiger charge is -2.05. The van der Waals surface area contributed by atoms with E-state index in [4.69, 9.17) is 5.73 Å². The van der Waals surface area contributed by atoms with E-state index in [9.17, 15) is 4.79 Å². The van der Waals surface area contributed by atoms with Crippen molar-refractivity contribution in [2.45, 2.75) is 0 Å². The van der Waals surface area contributed by atoms with Crippen molar-refractivity contribution in [3.05, 3.63) is 39.3 Å². The molecule has 0 unspecified atom stereocenters. The zero-order chi connectivity index (χ0) is 11.4. The number of halogens is 2. The molecule has 0 atom stereocenters. The fraction of sp³-hybridized carbons (Fsp3) is 0.100. The van der Waals surface area contributed by atoms with E-state index < -0.39 is 0 Å². The lowest BCUT2D eigenvalue weighted by atomic mass is 10.2. The van der Waals surface area contributed by atoms with Crippen LogP contribution >= 0.6 is 31.9 Å². The maximum absolute atomic E-state index is 11.6. The van der Waals surface area contributed by atoms with E-state index in [1.807, 2.05) is 0 Å². The second-order valence-corrected chi connectivity index (χ2v) is 4.91. The maximum Gasteiger partial charge on any atom is 0.251 e. The predicted molar refractivity (Wildman–Crippen MR) is 69.0 cm³/mol. The Hall–Kier alpha value is -0.810. The standard InChI is InChI=1S/C10H10Br2N2O/c1-6(11)5-14-10(15)7-2-3-9(13)8(12)4-7/h2-4H,1,5,13H2,(H,14,15). The number of carbonyl (C=O) groups is 1. The summed E-state index contributed by atoms with van der Waals surface area (Å²) in [6.07, 6.45) is 0. The molecule has 0 heterocycles. The van der Waals surface area contributed by atoms with Gasteiger partial charge in [0, 0.05) is 26.8 Å². The van der Waals surface area contributed by atoms with Crippen molar-refractivity contribution in [3.8, 4) is 0 Å². The smallest absolute Gasteiger partial charge is 0.251 e. The summed E-state index contributed by atoms with van der Waals surface area (Å²) in [4.78, 5) is 11.6. The summed E-state index contributed by atoms with van der Waals surface area (Å²) >= 11 is 6.43. The lowest BCUT2D eigenvalue weighted by molar-refractivity contribution is 0.0958. The Balaban J connectivity index is 2.74. The third-order valence-electron chi connectivity index (χ3n) is 1.70. The van der Waals surface area contributed by atoms with Crippen LogP contribution in [0.5, 0.6) is 0 Å². The molecule has 3 nitrogen and oxygen atoms in total. The molecule has 5 heteroatoms. The van der Waals surface area contributed by atoms with Gasteiger partial charge < -0.3 is 11.1 Å². The van der Waals surface area contributed by atoms with Gasteiger partial charge in [-0.05, 0) is 34.1 Å².